The zero-order valence-electron chi connectivity index (χ0n) is 22.3. The van der Waals surface area contributed by atoms with Crippen LogP contribution < -0.4 is 10.6 Å². The van der Waals surface area contributed by atoms with Crippen LogP contribution in [-0.4, -0.2) is 59.9 Å². The standard InChI is InChI=1S/C28H42N2O7/c1-18(2)15-23(27(33)34)36-28(35)20(4)16-29-13-14-30-24(32)8-6-5-7-19(3)25-26(37-25)22-11-9-21(17-31)10-12-22/h6,8-12,18-20,23,25-26,29,31H,5,7,13-17H2,1-4H3,(H,30,32)(H,33,34). The molecule has 0 radical (unpaired) electrons. The van der Waals surface area contributed by atoms with Gasteiger partial charge < -0.3 is 30.3 Å². The molecule has 1 saturated heterocycles. The number of amides is 1. The number of benzene rings is 1. The Morgan fingerprint density at radius 1 is 1.11 bits per heavy atom. The molecule has 9 heteroatoms. The monoisotopic (exact) mass is 518 g/mol. The summed E-state index contributed by atoms with van der Waals surface area (Å²) < 4.78 is 11.0. The first kappa shape index (κ1) is 30.5. The number of aliphatic hydroxyl groups is 1. The summed E-state index contributed by atoms with van der Waals surface area (Å²) in [4.78, 5) is 35.4. The van der Waals surface area contributed by atoms with Gasteiger partial charge in [-0.25, -0.2) is 4.79 Å². The fraction of sp³-hybridized carbons (Fsp3) is 0.607. The van der Waals surface area contributed by atoms with E-state index in [4.69, 9.17) is 14.6 Å². The number of aliphatic carboxylic acids is 1. The molecule has 0 aromatic heterocycles. The van der Waals surface area contributed by atoms with E-state index in [-0.39, 0.29) is 37.1 Å². The molecule has 1 amide bonds. The van der Waals surface area contributed by atoms with Crippen LogP contribution in [0, 0.1) is 17.8 Å². The van der Waals surface area contributed by atoms with Crippen molar-refractivity contribution >= 4 is 17.8 Å². The molecule has 5 unspecified atom stereocenters. The zero-order valence-corrected chi connectivity index (χ0v) is 22.3. The van der Waals surface area contributed by atoms with Gasteiger partial charge in [-0.2, -0.15) is 0 Å². The number of carbonyl (C=O) groups is 3. The normalized spacial score (nSPS) is 19.4. The van der Waals surface area contributed by atoms with Crippen molar-refractivity contribution in [1.82, 2.24) is 10.6 Å². The molecular weight excluding hydrogens is 476 g/mol. The number of rotatable bonds is 17. The van der Waals surface area contributed by atoms with E-state index < -0.39 is 24.0 Å². The highest BCUT2D eigenvalue weighted by Crippen LogP contribution is 2.44. The van der Waals surface area contributed by atoms with Crippen LogP contribution >= 0.6 is 0 Å². The summed E-state index contributed by atoms with van der Waals surface area (Å²) in [6.07, 6.45) is 4.50. The van der Waals surface area contributed by atoms with Gasteiger partial charge in [-0.15, -0.1) is 0 Å². The Labute approximate surface area is 219 Å². The number of ether oxygens (including phenoxy) is 2. The van der Waals surface area contributed by atoms with E-state index in [2.05, 4.69) is 17.6 Å². The maximum atomic E-state index is 12.1. The van der Waals surface area contributed by atoms with Crippen molar-refractivity contribution in [3.63, 3.8) is 0 Å². The molecule has 0 aliphatic carbocycles. The summed E-state index contributed by atoms with van der Waals surface area (Å²) in [5, 5.41) is 24.2. The summed E-state index contributed by atoms with van der Waals surface area (Å²) in [5.74, 6) is -1.90. The number of nitrogens with one attached hydrogen (secondary N) is 2. The summed E-state index contributed by atoms with van der Waals surface area (Å²) in [5.41, 5.74) is 2.01. The minimum absolute atomic E-state index is 0.0346. The van der Waals surface area contributed by atoms with Crippen LogP contribution in [0.25, 0.3) is 0 Å². The molecule has 37 heavy (non-hydrogen) atoms. The Kier molecular flexibility index (Phi) is 12.8. The highest BCUT2D eigenvalue weighted by molar-refractivity contribution is 5.87. The third-order valence-corrected chi connectivity index (χ3v) is 6.31. The molecule has 1 fully saturated rings. The predicted molar refractivity (Wildman–Crippen MR) is 140 cm³/mol. The van der Waals surface area contributed by atoms with E-state index in [1.807, 2.05) is 44.2 Å². The molecule has 1 aliphatic rings. The van der Waals surface area contributed by atoms with E-state index in [1.54, 1.807) is 6.92 Å². The van der Waals surface area contributed by atoms with Crippen molar-refractivity contribution in [2.24, 2.45) is 17.8 Å². The van der Waals surface area contributed by atoms with Gasteiger partial charge >= 0.3 is 11.9 Å². The second-order valence-electron chi connectivity index (χ2n) is 10.2. The average Bonchev–Trinajstić information content (AvgIpc) is 3.66. The predicted octanol–water partition coefficient (Wildman–Crippen LogP) is 2.98. The van der Waals surface area contributed by atoms with E-state index >= 15 is 0 Å². The van der Waals surface area contributed by atoms with Crippen LogP contribution in [0.4, 0.5) is 0 Å². The maximum Gasteiger partial charge on any atom is 0.345 e. The molecule has 0 saturated carbocycles. The number of allylic oxidation sites excluding steroid dienone is 1. The number of epoxide rings is 1. The maximum absolute atomic E-state index is 12.1. The first-order valence-electron chi connectivity index (χ1n) is 13.1. The Morgan fingerprint density at radius 3 is 2.43 bits per heavy atom. The minimum atomic E-state index is -1.14. The Hall–Kier alpha value is -2.75. The largest absolute Gasteiger partial charge is 0.479 e. The molecule has 4 N–H and O–H groups in total. The van der Waals surface area contributed by atoms with Crippen LogP contribution in [0.1, 0.15) is 64.2 Å². The Bertz CT molecular complexity index is 900. The van der Waals surface area contributed by atoms with Gasteiger partial charge in [0.2, 0.25) is 5.91 Å². The van der Waals surface area contributed by atoms with Crippen LogP contribution in [0.2, 0.25) is 0 Å². The van der Waals surface area contributed by atoms with E-state index in [9.17, 15) is 19.5 Å². The molecule has 0 spiro atoms. The highest BCUT2D eigenvalue weighted by Gasteiger charge is 2.43. The fourth-order valence-corrected chi connectivity index (χ4v) is 3.97. The summed E-state index contributed by atoms with van der Waals surface area (Å²) >= 11 is 0. The van der Waals surface area contributed by atoms with Gasteiger partial charge in [0, 0.05) is 19.6 Å². The van der Waals surface area contributed by atoms with Gasteiger partial charge in [0.1, 0.15) is 6.10 Å². The molecule has 1 aromatic rings. The molecule has 2 rings (SSSR count). The molecule has 0 bridgehead atoms. The van der Waals surface area contributed by atoms with Crippen molar-refractivity contribution in [2.75, 3.05) is 19.6 Å². The quantitative estimate of drug-likeness (QED) is 0.107. The van der Waals surface area contributed by atoms with Gasteiger partial charge in [-0.05, 0) is 48.3 Å². The number of carboxylic acid groups (broad SMARTS) is 1. The summed E-state index contributed by atoms with van der Waals surface area (Å²) in [7, 11) is 0. The second-order valence-corrected chi connectivity index (χ2v) is 10.2. The van der Waals surface area contributed by atoms with Gasteiger partial charge in [0.05, 0.1) is 18.6 Å². The highest BCUT2D eigenvalue weighted by atomic mass is 16.6. The molecule has 1 aliphatic heterocycles. The van der Waals surface area contributed by atoms with Crippen molar-refractivity contribution in [2.45, 2.75) is 71.9 Å². The van der Waals surface area contributed by atoms with Crippen molar-refractivity contribution in [3.05, 3.63) is 47.5 Å². The second kappa shape index (κ2) is 15.5. The minimum Gasteiger partial charge on any atom is -0.479 e. The fourth-order valence-electron chi connectivity index (χ4n) is 3.97. The lowest BCUT2D eigenvalue weighted by Crippen LogP contribution is -2.37. The summed E-state index contributed by atoms with van der Waals surface area (Å²) in [6.45, 7) is 8.81. The zero-order chi connectivity index (χ0) is 27.4. The molecule has 1 heterocycles. The van der Waals surface area contributed by atoms with Crippen molar-refractivity contribution in [3.8, 4) is 0 Å². The molecular formula is C28H42N2O7. The van der Waals surface area contributed by atoms with Crippen molar-refractivity contribution < 1.29 is 34.1 Å². The molecule has 9 nitrogen and oxygen atoms in total. The van der Waals surface area contributed by atoms with E-state index in [1.165, 1.54) is 6.08 Å². The number of aliphatic hydroxyl groups excluding tert-OH is 1. The summed E-state index contributed by atoms with van der Waals surface area (Å²) in [6, 6.07) is 7.82. The third-order valence-electron chi connectivity index (χ3n) is 6.31. The Morgan fingerprint density at radius 2 is 1.81 bits per heavy atom. The van der Waals surface area contributed by atoms with Crippen LogP contribution in [-0.2, 0) is 30.5 Å². The smallest absolute Gasteiger partial charge is 0.345 e. The van der Waals surface area contributed by atoms with Gasteiger partial charge in [0.25, 0.3) is 0 Å². The Balaban J connectivity index is 1.55. The third kappa shape index (κ3) is 11.0. The number of carboxylic acids is 1. The van der Waals surface area contributed by atoms with Gasteiger partial charge in [-0.3, -0.25) is 9.59 Å². The number of carbonyl (C=O) groups excluding carboxylic acids is 2. The first-order chi connectivity index (χ1) is 17.6. The van der Waals surface area contributed by atoms with Crippen LogP contribution in [0.5, 0.6) is 0 Å². The van der Waals surface area contributed by atoms with Crippen molar-refractivity contribution in [1.29, 1.82) is 0 Å². The molecule has 1 aromatic carbocycles. The average molecular weight is 519 g/mol. The SMILES string of the molecule is CC(C)CC(OC(=O)C(C)CNCCNC(=O)C=CCCC(C)C1OC1c1ccc(CO)cc1)C(=O)O. The lowest BCUT2D eigenvalue weighted by atomic mass is 9.96. The lowest BCUT2D eigenvalue weighted by Gasteiger charge is -2.18. The number of hydrogen-bond acceptors (Lipinski definition) is 7. The van der Waals surface area contributed by atoms with Gasteiger partial charge in [-0.1, -0.05) is 58.0 Å². The van der Waals surface area contributed by atoms with E-state index in [0.717, 1.165) is 24.0 Å². The molecule has 5 atom stereocenters. The first-order valence-corrected chi connectivity index (χ1v) is 13.1. The van der Waals surface area contributed by atoms with Gasteiger partial charge in [0.15, 0.2) is 6.10 Å². The number of hydrogen-bond donors (Lipinski definition) is 4. The topological polar surface area (TPSA) is 137 Å². The van der Waals surface area contributed by atoms with E-state index in [0.29, 0.717) is 25.6 Å². The van der Waals surface area contributed by atoms with Crippen LogP contribution in [0.3, 0.4) is 0 Å². The van der Waals surface area contributed by atoms with Crippen LogP contribution in [0.15, 0.2) is 36.4 Å². The number of esters is 1. The lowest BCUT2D eigenvalue weighted by molar-refractivity contribution is -0.167. The molecule has 206 valence electrons.